The fraction of sp³-hybridized carbons (Fsp3) is 0.714. The molecule has 2 amide bonds. The van der Waals surface area contributed by atoms with Gasteiger partial charge in [-0.05, 0) is 6.92 Å². The van der Waals surface area contributed by atoms with E-state index in [1.807, 2.05) is 0 Å². The Balaban J connectivity index is 3.04. The van der Waals surface area contributed by atoms with E-state index in [-0.39, 0.29) is 6.54 Å². The van der Waals surface area contributed by atoms with Gasteiger partial charge in [-0.25, -0.2) is 0 Å². The van der Waals surface area contributed by atoms with Crippen LogP contribution in [0.3, 0.4) is 0 Å². The van der Waals surface area contributed by atoms with Crippen LogP contribution >= 0.6 is 0 Å². The van der Waals surface area contributed by atoms with Crippen molar-refractivity contribution in [1.29, 1.82) is 0 Å². The van der Waals surface area contributed by atoms with Crippen molar-refractivity contribution >= 4 is 22.0 Å². The summed E-state index contributed by atoms with van der Waals surface area (Å²) in [5.74, 6) is -1.21. The zero-order chi connectivity index (χ0) is 11.8. The second-order valence-electron chi connectivity index (χ2n) is 3.42. The molecule has 1 atom stereocenters. The summed E-state index contributed by atoms with van der Waals surface area (Å²) in [4.78, 5) is 22.3. The molecule has 0 bridgehead atoms. The molecule has 0 spiro atoms. The SMILES string of the molecule is CC1C(=O)NC(=O)CN1S(=O)(=O)N(C)C. The summed E-state index contributed by atoms with van der Waals surface area (Å²) < 4.78 is 25.2. The quantitative estimate of drug-likeness (QED) is 0.569. The fourth-order valence-electron chi connectivity index (χ4n) is 1.18. The zero-order valence-electron chi connectivity index (χ0n) is 8.72. The second kappa shape index (κ2) is 3.87. The van der Waals surface area contributed by atoms with E-state index in [1.54, 1.807) is 0 Å². The Morgan fingerprint density at radius 2 is 1.93 bits per heavy atom. The molecular weight excluding hydrogens is 222 g/mol. The monoisotopic (exact) mass is 235 g/mol. The zero-order valence-corrected chi connectivity index (χ0v) is 9.54. The Labute approximate surface area is 88.2 Å². The lowest BCUT2D eigenvalue weighted by atomic mass is 10.2. The van der Waals surface area contributed by atoms with Crippen molar-refractivity contribution in [3.8, 4) is 0 Å². The summed E-state index contributed by atoms with van der Waals surface area (Å²) in [7, 11) is -1.04. The largest absolute Gasteiger partial charge is 0.294 e. The van der Waals surface area contributed by atoms with Crippen LogP contribution in [0.1, 0.15) is 6.92 Å². The minimum Gasteiger partial charge on any atom is -0.294 e. The lowest BCUT2D eigenvalue weighted by Gasteiger charge is -2.32. The van der Waals surface area contributed by atoms with Crippen LogP contribution in [-0.4, -0.2) is 55.5 Å². The van der Waals surface area contributed by atoms with Crippen LogP contribution in [0, 0.1) is 0 Å². The topological polar surface area (TPSA) is 86.8 Å². The van der Waals surface area contributed by atoms with Crippen LogP contribution in [0.5, 0.6) is 0 Å². The minimum absolute atomic E-state index is 0.326. The highest BCUT2D eigenvalue weighted by Gasteiger charge is 2.38. The van der Waals surface area contributed by atoms with Crippen LogP contribution in [-0.2, 0) is 19.8 Å². The number of carbonyl (C=O) groups is 2. The molecule has 0 aliphatic carbocycles. The first-order valence-corrected chi connectivity index (χ1v) is 5.69. The molecule has 1 aliphatic rings. The molecule has 1 unspecified atom stereocenters. The van der Waals surface area contributed by atoms with E-state index in [9.17, 15) is 18.0 Å². The molecule has 0 aromatic rings. The first-order valence-electron chi connectivity index (χ1n) is 4.30. The summed E-state index contributed by atoms with van der Waals surface area (Å²) in [6, 6.07) is -0.866. The molecule has 0 radical (unpaired) electrons. The Kier molecular flexibility index (Phi) is 3.12. The number of hydrogen-bond acceptors (Lipinski definition) is 4. The molecular formula is C7H13N3O4S. The molecule has 1 fully saturated rings. The first-order chi connectivity index (χ1) is 6.76. The number of nitrogens with one attached hydrogen (secondary N) is 1. The van der Waals surface area contributed by atoms with Crippen molar-refractivity contribution in [1.82, 2.24) is 13.9 Å². The summed E-state index contributed by atoms with van der Waals surface area (Å²) in [6.45, 7) is 1.11. The molecule has 1 saturated heterocycles. The smallest absolute Gasteiger partial charge is 0.282 e. The van der Waals surface area contributed by atoms with E-state index in [0.717, 1.165) is 8.61 Å². The van der Waals surface area contributed by atoms with Gasteiger partial charge in [-0.15, -0.1) is 0 Å². The van der Waals surface area contributed by atoms with Gasteiger partial charge in [0.2, 0.25) is 11.8 Å². The Hall–Kier alpha value is -0.990. The van der Waals surface area contributed by atoms with Crippen LogP contribution in [0.15, 0.2) is 0 Å². The van der Waals surface area contributed by atoms with Gasteiger partial charge in [-0.1, -0.05) is 0 Å². The maximum absolute atomic E-state index is 11.7. The number of hydrogen-bond donors (Lipinski definition) is 1. The van der Waals surface area contributed by atoms with Crippen molar-refractivity contribution in [3.63, 3.8) is 0 Å². The molecule has 7 nitrogen and oxygen atoms in total. The number of piperazine rings is 1. The van der Waals surface area contributed by atoms with Gasteiger partial charge in [0.15, 0.2) is 0 Å². The van der Waals surface area contributed by atoms with E-state index in [2.05, 4.69) is 5.32 Å². The van der Waals surface area contributed by atoms with Crippen LogP contribution < -0.4 is 5.32 Å². The average Bonchev–Trinajstić information content (AvgIpc) is 2.10. The Bertz CT molecular complexity index is 389. The molecule has 0 aromatic carbocycles. The summed E-state index contributed by atoms with van der Waals surface area (Å²) in [5.41, 5.74) is 0. The van der Waals surface area contributed by atoms with E-state index >= 15 is 0 Å². The molecule has 15 heavy (non-hydrogen) atoms. The van der Waals surface area contributed by atoms with E-state index in [0.29, 0.717) is 0 Å². The van der Waals surface area contributed by atoms with Crippen molar-refractivity contribution < 1.29 is 18.0 Å². The van der Waals surface area contributed by atoms with E-state index in [4.69, 9.17) is 0 Å². The van der Waals surface area contributed by atoms with Gasteiger partial charge in [0.1, 0.15) is 6.04 Å². The molecule has 0 aromatic heterocycles. The first kappa shape index (κ1) is 12.1. The second-order valence-corrected chi connectivity index (χ2v) is 5.52. The van der Waals surface area contributed by atoms with Gasteiger partial charge >= 0.3 is 0 Å². The Morgan fingerprint density at radius 3 is 2.40 bits per heavy atom. The van der Waals surface area contributed by atoms with Crippen LogP contribution in [0.2, 0.25) is 0 Å². The van der Waals surface area contributed by atoms with Gasteiger partial charge < -0.3 is 0 Å². The number of nitrogens with zero attached hydrogens (tertiary/aromatic N) is 2. The van der Waals surface area contributed by atoms with Crippen molar-refractivity contribution in [2.24, 2.45) is 0 Å². The van der Waals surface area contributed by atoms with Crippen molar-refractivity contribution in [2.75, 3.05) is 20.6 Å². The number of amides is 2. The predicted octanol–water partition coefficient (Wildman–Crippen LogP) is -1.86. The highest BCUT2D eigenvalue weighted by atomic mass is 32.2. The highest BCUT2D eigenvalue weighted by molar-refractivity contribution is 7.86. The van der Waals surface area contributed by atoms with Crippen molar-refractivity contribution in [2.45, 2.75) is 13.0 Å². The predicted molar refractivity (Wildman–Crippen MR) is 51.9 cm³/mol. The average molecular weight is 235 g/mol. The molecule has 1 aliphatic heterocycles. The fourth-order valence-corrected chi connectivity index (χ4v) is 2.38. The third-order valence-electron chi connectivity index (χ3n) is 2.13. The normalized spacial score (nSPS) is 24.4. The molecule has 1 N–H and O–H groups in total. The lowest BCUT2D eigenvalue weighted by molar-refractivity contribution is -0.136. The summed E-state index contributed by atoms with van der Waals surface area (Å²) in [5, 5.41) is 2.07. The van der Waals surface area contributed by atoms with E-state index < -0.39 is 28.1 Å². The minimum atomic E-state index is -3.73. The van der Waals surface area contributed by atoms with Gasteiger partial charge in [0.25, 0.3) is 10.2 Å². The lowest BCUT2D eigenvalue weighted by Crippen LogP contribution is -2.60. The molecule has 1 rings (SSSR count). The van der Waals surface area contributed by atoms with Crippen LogP contribution in [0.25, 0.3) is 0 Å². The summed E-state index contributed by atoms with van der Waals surface area (Å²) in [6.07, 6.45) is 0. The van der Waals surface area contributed by atoms with Gasteiger partial charge in [0, 0.05) is 14.1 Å². The van der Waals surface area contributed by atoms with Gasteiger partial charge in [-0.2, -0.15) is 17.0 Å². The molecule has 1 heterocycles. The third-order valence-corrected chi connectivity index (χ3v) is 4.09. The third kappa shape index (κ3) is 2.16. The summed E-state index contributed by atoms with van der Waals surface area (Å²) >= 11 is 0. The number of imide groups is 1. The Morgan fingerprint density at radius 1 is 1.40 bits per heavy atom. The highest BCUT2D eigenvalue weighted by Crippen LogP contribution is 2.12. The number of carbonyl (C=O) groups excluding carboxylic acids is 2. The van der Waals surface area contributed by atoms with Gasteiger partial charge in [0.05, 0.1) is 6.54 Å². The number of rotatable bonds is 2. The molecule has 8 heteroatoms. The van der Waals surface area contributed by atoms with Crippen molar-refractivity contribution in [3.05, 3.63) is 0 Å². The molecule has 0 saturated carbocycles. The van der Waals surface area contributed by atoms with E-state index in [1.165, 1.54) is 21.0 Å². The maximum Gasteiger partial charge on any atom is 0.282 e. The van der Waals surface area contributed by atoms with Crippen LogP contribution in [0.4, 0.5) is 0 Å². The standard InChI is InChI=1S/C7H13N3O4S/c1-5-7(12)8-6(11)4-10(5)15(13,14)9(2)3/h5H,4H2,1-3H3,(H,8,11,12). The maximum atomic E-state index is 11.7. The molecule has 86 valence electrons. The van der Waals surface area contributed by atoms with Gasteiger partial charge in [-0.3, -0.25) is 14.9 Å².